The molecule has 0 radical (unpaired) electrons. The number of hydrogen-bond acceptors (Lipinski definition) is 3. The zero-order valence-electron chi connectivity index (χ0n) is 8.86. The van der Waals surface area contributed by atoms with Crippen LogP contribution in [0.2, 0.25) is 0 Å². The van der Waals surface area contributed by atoms with Crippen LogP contribution in [0.15, 0.2) is 17.5 Å². The van der Waals surface area contributed by atoms with E-state index in [1.807, 2.05) is 0 Å². The Hall–Kier alpha value is -0.380. The highest BCUT2D eigenvalue weighted by Gasteiger charge is 2.12. The summed E-state index contributed by atoms with van der Waals surface area (Å²) in [6.45, 7) is 4.56. The van der Waals surface area contributed by atoms with E-state index in [4.69, 9.17) is 5.11 Å². The summed E-state index contributed by atoms with van der Waals surface area (Å²) in [4.78, 5) is 1.39. The van der Waals surface area contributed by atoms with Crippen LogP contribution in [0.5, 0.6) is 0 Å². The summed E-state index contributed by atoms with van der Waals surface area (Å²) in [7, 11) is 0. The first-order chi connectivity index (χ1) is 6.77. The molecule has 14 heavy (non-hydrogen) atoms. The first-order valence-electron chi connectivity index (χ1n) is 5.18. The Morgan fingerprint density at radius 2 is 2.36 bits per heavy atom. The van der Waals surface area contributed by atoms with Gasteiger partial charge in [0.05, 0.1) is 0 Å². The van der Waals surface area contributed by atoms with Gasteiger partial charge in [-0.15, -0.1) is 11.3 Å². The van der Waals surface area contributed by atoms with Crippen molar-refractivity contribution in [1.29, 1.82) is 0 Å². The molecule has 0 fully saturated rings. The van der Waals surface area contributed by atoms with Gasteiger partial charge < -0.3 is 10.4 Å². The maximum absolute atomic E-state index is 8.82. The van der Waals surface area contributed by atoms with Crippen molar-refractivity contribution in [2.45, 2.75) is 38.8 Å². The predicted molar refractivity (Wildman–Crippen MR) is 61.7 cm³/mol. The van der Waals surface area contributed by atoms with E-state index in [2.05, 4.69) is 36.7 Å². The molecule has 1 heterocycles. The fourth-order valence-corrected chi connectivity index (χ4v) is 2.38. The molecule has 0 aromatic carbocycles. The highest BCUT2D eigenvalue weighted by Crippen LogP contribution is 2.22. The molecule has 3 heteroatoms. The van der Waals surface area contributed by atoms with E-state index in [0.717, 1.165) is 12.8 Å². The molecule has 0 spiro atoms. The van der Waals surface area contributed by atoms with E-state index < -0.39 is 0 Å². The molecule has 2 nitrogen and oxygen atoms in total. The van der Waals surface area contributed by atoms with Gasteiger partial charge in [0.15, 0.2) is 0 Å². The van der Waals surface area contributed by atoms with Crippen LogP contribution in [0, 0.1) is 0 Å². The van der Waals surface area contributed by atoms with E-state index in [0.29, 0.717) is 12.1 Å². The number of aliphatic hydroxyl groups is 1. The third-order valence-corrected chi connectivity index (χ3v) is 3.33. The Bertz CT molecular complexity index is 235. The van der Waals surface area contributed by atoms with Gasteiger partial charge in [-0.2, -0.15) is 0 Å². The van der Waals surface area contributed by atoms with Crippen LogP contribution in [0.4, 0.5) is 0 Å². The van der Waals surface area contributed by atoms with Crippen LogP contribution < -0.4 is 5.32 Å². The first kappa shape index (κ1) is 11.7. The van der Waals surface area contributed by atoms with Crippen LogP contribution in [0.3, 0.4) is 0 Å². The zero-order chi connectivity index (χ0) is 10.4. The van der Waals surface area contributed by atoms with E-state index in [1.54, 1.807) is 11.3 Å². The fourth-order valence-electron chi connectivity index (χ4n) is 1.51. The van der Waals surface area contributed by atoms with Gasteiger partial charge in [-0.05, 0) is 31.2 Å². The third-order valence-electron chi connectivity index (χ3n) is 2.34. The molecular formula is C11H19NOS. The topological polar surface area (TPSA) is 32.3 Å². The summed E-state index contributed by atoms with van der Waals surface area (Å²) in [5.41, 5.74) is 0. The van der Waals surface area contributed by atoms with Crippen molar-refractivity contribution in [3.63, 3.8) is 0 Å². The van der Waals surface area contributed by atoms with Crippen LogP contribution in [0.1, 0.15) is 37.6 Å². The van der Waals surface area contributed by atoms with Crippen molar-refractivity contribution >= 4 is 11.3 Å². The Labute approximate surface area is 90.0 Å². The van der Waals surface area contributed by atoms with Gasteiger partial charge >= 0.3 is 0 Å². The highest BCUT2D eigenvalue weighted by atomic mass is 32.1. The SMILES string of the molecule is CCC(N[C@H](C)CCO)c1cccs1. The normalized spacial score (nSPS) is 15.4. The van der Waals surface area contributed by atoms with Gasteiger partial charge in [0.25, 0.3) is 0 Å². The number of aliphatic hydroxyl groups excluding tert-OH is 1. The van der Waals surface area contributed by atoms with Gasteiger partial charge in [0.2, 0.25) is 0 Å². The fraction of sp³-hybridized carbons (Fsp3) is 0.636. The van der Waals surface area contributed by atoms with Gasteiger partial charge in [-0.1, -0.05) is 13.0 Å². The lowest BCUT2D eigenvalue weighted by Gasteiger charge is -2.20. The second-order valence-corrected chi connectivity index (χ2v) is 4.54. The number of hydrogen-bond donors (Lipinski definition) is 2. The lowest BCUT2D eigenvalue weighted by atomic mass is 10.1. The second-order valence-electron chi connectivity index (χ2n) is 3.56. The number of rotatable bonds is 6. The van der Waals surface area contributed by atoms with Crippen molar-refractivity contribution in [3.05, 3.63) is 22.4 Å². The van der Waals surface area contributed by atoms with Crippen LogP contribution >= 0.6 is 11.3 Å². The van der Waals surface area contributed by atoms with Crippen LogP contribution in [-0.2, 0) is 0 Å². The smallest absolute Gasteiger partial charge is 0.0445 e. The number of nitrogens with one attached hydrogen (secondary N) is 1. The summed E-state index contributed by atoms with van der Waals surface area (Å²) in [5, 5.41) is 14.4. The average molecular weight is 213 g/mol. The monoisotopic (exact) mass is 213 g/mol. The molecule has 0 bridgehead atoms. The lowest BCUT2D eigenvalue weighted by Crippen LogP contribution is -2.30. The van der Waals surface area contributed by atoms with E-state index in [1.165, 1.54) is 4.88 Å². The summed E-state index contributed by atoms with van der Waals surface area (Å²) < 4.78 is 0. The molecule has 0 saturated heterocycles. The Morgan fingerprint density at radius 1 is 1.57 bits per heavy atom. The molecular weight excluding hydrogens is 194 g/mol. The Balaban J connectivity index is 2.47. The largest absolute Gasteiger partial charge is 0.396 e. The standard InChI is InChI=1S/C11H19NOS/c1-3-10(11-5-4-8-14-11)12-9(2)6-7-13/h4-5,8-10,12-13H,3,6-7H2,1-2H3/t9-,10?/m1/s1. The minimum absolute atomic E-state index is 0.259. The molecule has 1 rings (SSSR count). The van der Waals surface area contributed by atoms with Crippen molar-refractivity contribution < 1.29 is 5.11 Å². The molecule has 1 aromatic heterocycles. The van der Waals surface area contributed by atoms with Crippen molar-refractivity contribution in [1.82, 2.24) is 5.32 Å². The maximum atomic E-state index is 8.82. The molecule has 0 saturated carbocycles. The molecule has 1 unspecified atom stereocenters. The highest BCUT2D eigenvalue weighted by molar-refractivity contribution is 7.10. The Kier molecular flexibility index (Phi) is 5.15. The van der Waals surface area contributed by atoms with Crippen LogP contribution in [-0.4, -0.2) is 17.8 Å². The van der Waals surface area contributed by atoms with Gasteiger partial charge in [0, 0.05) is 23.6 Å². The summed E-state index contributed by atoms with van der Waals surface area (Å²) >= 11 is 1.79. The quantitative estimate of drug-likeness (QED) is 0.761. The minimum Gasteiger partial charge on any atom is -0.396 e. The van der Waals surface area contributed by atoms with Gasteiger partial charge in [0.1, 0.15) is 0 Å². The molecule has 0 aliphatic rings. The van der Waals surface area contributed by atoms with E-state index in [9.17, 15) is 0 Å². The van der Waals surface area contributed by atoms with Crippen LogP contribution in [0.25, 0.3) is 0 Å². The molecule has 1 aromatic rings. The maximum Gasteiger partial charge on any atom is 0.0445 e. The second kappa shape index (κ2) is 6.17. The van der Waals surface area contributed by atoms with Crippen molar-refractivity contribution in [2.24, 2.45) is 0 Å². The predicted octanol–water partition coefficient (Wildman–Crippen LogP) is 2.56. The number of thiophene rings is 1. The van der Waals surface area contributed by atoms with Crippen molar-refractivity contribution in [3.8, 4) is 0 Å². The van der Waals surface area contributed by atoms with Gasteiger partial charge in [-0.3, -0.25) is 0 Å². The Morgan fingerprint density at radius 3 is 2.86 bits per heavy atom. The van der Waals surface area contributed by atoms with E-state index in [-0.39, 0.29) is 6.61 Å². The average Bonchev–Trinajstić information content (AvgIpc) is 2.67. The molecule has 0 aliphatic carbocycles. The molecule has 0 aliphatic heterocycles. The molecule has 2 atom stereocenters. The van der Waals surface area contributed by atoms with Gasteiger partial charge in [-0.25, -0.2) is 0 Å². The lowest BCUT2D eigenvalue weighted by molar-refractivity contribution is 0.262. The molecule has 80 valence electrons. The summed E-state index contributed by atoms with van der Waals surface area (Å²) in [6.07, 6.45) is 1.91. The molecule has 2 N–H and O–H groups in total. The zero-order valence-corrected chi connectivity index (χ0v) is 9.68. The molecule has 0 amide bonds. The summed E-state index contributed by atoms with van der Waals surface area (Å²) in [6, 6.07) is 5.07. The minimum atomic E-state index is 0.259. The van der Waals surface area contributed by atoms with Crippen molar-refractivity contribution in [2.75, 3.05) is 6.61 Å². The first-order valence-corrected chi connectivity index (χ1v) is 6.06. The van der Waals surface area contributed by atoms with E-state index >= 15 is 0 Å². The summed E-state index contributed by atoms with van der Waals surface area (Å²) in [5.74, 6) is 0. The third kappa shape index (κ3) is 3.40.